The molecule has 132 valence electrons. The Balaban J connectivity index is 1.71. The summed E-state index contributed by atoms with van der Waals surface area (Å²) in [5, 5.41) is 6.52. The second kappa shape index (κ2) is 8.31. The van der Waals surface area contributed by atoms with E-state index in [1.165, 1.54) is 13.3 Å². The van der Waals surface area contributed by atoms with Crippen LogP contribution in [0.15, 0.2) is 61.2 Å². The van der Waals surface area contributed by atoms with Crippen LogP contribution in [-0.2, 0) is 6.54 Å². The normalized spacial score (nSPS) is 10.2. The summed E-state index contributed by atoms with van der Waals surface area (Å²) in [6.45, 7) is 0.586. The third-order valence-corrected chi connectivity index (χ3v) is 3.86. The van der Waals surface area contributed by atoms with Gasteiger partial charge in [0.2, 0.25) is 0 Å². The van der Waals surface area contributed by atoms with E-state index in [0.29, 0.717) is 28.6 Å². The molecule has 26 heavy (non-hydrogen) atoms. The largest absolute Gasteiger partial charge is 0.495 e. The first-order chi connectivity index (χ1) is 12.7. The minimum absolute atomic E-state index is 0.303. The molecule has 6 nitrogen and oxygen atoms in total. The van der Waals surface area contributed by atoms with E-state index in [9.17, 15) is 4.79 Å². The summed E-state index contributed by atoms with van der Waals surface area (Å²) in [5.41, 5.74) is 2.69. The molecule has 2 aromatic heterocycles. The van der Waals surface area contributed by atoms with Gasteiger partial charge in [0.25, 0.3) is 5.91 Å². The molecular formula is C19H17ClN4O2. The number of hydrogen-bond donors (Lipinski definition) is 2. The van der Waals surface area contributed by atoms with Crippen LogP contribution in [-0.4, -0.2) is 23.0 Å². The number of amides is 1. The van der Waals surface area contributed by atoms with Crippen LogP contribution >= 0.6 is 11.6 Å². The third-order valence-electron chi connectivity index (χ3n) is 3.63. The van der Waals surface area contributed by atoms with Gasteiger partial charge in [-0.15, -0.1) is 0 Å². The van der Waals surface area contributed by atoms with Gasteiger partial charge in [-0.2, -0.15) is 0 Å². The summed E-state index contributed by atoms with van der Waals surface area (Å²) in [6, 6.07) is 10.6. The van der Waals surface area contributed by atoms with E-state index in [1.807, 2.05) is 12.1 Å². The first kappa shape index (κ1) is 17.7. The first-order valence-corrected chi connectivity index (χ1v) is 8.26. The van der Waals surface area contributed by atoms with Crippen LogP contribution in [0.3, 0.4) is 0 Å². The third kappa shape index (κ3) is 4.49. The number of carbonyl (C=O) groups is 1. The SMILES string of the molecule is COc1ccc(Cl)cc1NC(=O)c1cncc(NCc2cccnc2)c1. The average Bonchev–Trinajstić information content (AvgIpc) is 2.67. The maximum absolute atomic E-state index is 12.5. The molecule has 2 N–H and O–H groups in total. The van der Waals surface area contributed by atoms with Gasteiger partial charge >= 0.3 is 0 Å². The van der Waals surface area contributed by atoms with Crippen molar-refractivity contribution in [1.29, 1.82) is 0 Å². The molecule has 7 heteroatoms. The van der Waals surface area contributed by atoms with E-state index < -0.39 is 0 Å². The fourth-order valence-corrected chi connectivity index (χ4v) is 2.51. The Labute approximate surface area is 156 Å². The van der Waals surface area contributed by atoms with Gasteiger partial charge in [0, 0.05) is 36.4 Å². The fourth-order valence-electron chi connectivity index (χ4n) is 2.34. The topological polar surface area (TPSA) is 76.1 Å². The number of hydrogen-bond acceptors (Lipinski definition) is 5. The van der Waals surface area contributed by atoms with Crippen molar-refractivity contribution in [3.8, 4) is 5.75 Å². The predicted octanol–water partition coefficient (Wildman–Crippen LogP) is 4.00. The standard InChI is InChI=1S/C19H17ClN4O2/c1-26-18-5-4-15(20)8-17(18)24-19(25)14-7-16(12-22-11-14)23-10-13-3-2-6-21-9-13/h2-9,11-12,23H,10H2,1H3,(H,24,25). The number of benzene rings is 1. The summed E-state index contributed by atoms with van der Waals surface area (Å²) in [5.74, 6) is 0.227. The Morgan fingerprint density at radius 3 is 2.81 bits per heavy atom. The molecule has 3 rings (SSSR count). The zero-order chi connectivity index (χ0) is 18.4. The number of carbonyl (C=O) groups excluding carboxylic acids is 1. The number of anilines is 2. The smallest absolute Gasteiger partial charge is 0.257 e. The highest BCUT2D eigenvalue weighted by Crippen LogP contribution is 2.28. The van der Waals surface area contributed by atoms with Gasteiger partial charge in [-0.3, -0.25) is 14.8 Å². The van der Waals surface area contributed by atoms with Crippen LogP contribution in [0, 0.1) is 0 Å². The second-order valence-electron chi connectivity index (χ2n) is 5.48. The van der Waals surface area contributed by atoms with E-state index in [-0.39, 0.29) is 5.91 Å². The number of halogens is 1. The molecule has 2 heterocycles. The molecule has 0 aliphatic rings. The van der Waals surface area contributed by atoms with Crippen molar-refractivity contribution in [1.82, 2.24) is 9.97 Å². The van der Waals surface area contributed by atoms with Crippen LogP contribution in [0.25, 0.3) is 0 Å². The molecule has 3 aromatic rings. The second-order valence-corrected chi connectivity index (χ2v) is 5.91. The van der Waals surface area contributed by atoms with Gasteiger partial charge < -0.3 is 15.4 Å². The first-order valence-electron chi connectivity index (χ1n) is 7.88. The average molecular weight is 369 g/mol. The molecule has 1 aromatic carbocycles. The monoisotopic (exact) mass is 368 g/mol. The van der Waals surface area contributed by atoms with Gasteiger partial charge in [0.1, 0.15) is 5.75 Å². The maximum Gasteiger partial charge on any atom is 0.257 e. The summed E-state index contributed by atoms with van der Waals surface area (Å²) in [4.78, 5) is 20.7. The molecule has 0 radical (unpaired) electrons. The van der Waals surface area contributed by atoms with E-state index >= 15 is 0 Å². The lowest BCUT2D eigenvalue weighted by molar-refractivity contribution is 0.102. The minimum atomic E-state index is -0.303. The highest BCUT2D eigenvalue weighted by atomic mass is 35.5. The molecule has 0 atom stereocenters. The van der Waals surface area contributed by atoms with Gasteiger partial charge in [0.15, 0.2) is 0 Å². The summed E-state index contributed by atoms with van der Waals surface area (Å²) in [6.07, 6.45) is 6.66. The summed E-state index contributed by atoms with van der Waals surface area (Å²) in [7, 11) is 1.53. The predicted molar refractivity (Wildman–Crippen MR) is 102 cm³/mol. The Morgan fingerprint density at radius 2 is 2.04 bits per heavy atom. The molecular weight excluding hydrogens is 352 g/mol. The van der Waals surface area contributed by atoms with Gasteiger partial charge in [0.05, 0.1) is 24.0 Å². The number of nitrogens with zero attached hydrogens (tertiary/aromatic N) is 2. The molecule has 0 aliphatic heterocycles. The van der Waals surface area contributed by atoms with Crippen molar-refractivity contribution in [2.24, 2.45) is 0 Å². The Bertz CT molecular complexity index is 903. The Kier molecular flexibility index (Phi) is 5.66. The number of rotatable bonds is 6. The van der Waals surface area contributed by atoms with Gasteiger partial charge in [-0.25, -0.2) is 0 Å². The molecule has 0 aliphatic carbocycles. The number of nitrogens with one attached hydrogen (secondary N) is 2. The molecule has 0 spiro atoms. The van der Waals surface area contributed by atoms with Crippen LogP contribution in [0.2, 0.25) is 5.02 Å². The van der Waals surface area contributed by atoms with Crippen LogP contribution in [0.4, 0.5) is 11.4 Å². The van der Waals surface area contributed by atoms with Crippen molar-refractivity contribution in [2.75, 3.05) is 17.7 Å². The van der Waals surface area contributed by atoms with Crippen molar-refractivity contribution in [3.63, 3.8) is 0 Å². The lowest BCUT2D eigenvalue weighted by atomic mass is 10.2. The zero-order valence-electron chi connectivity index (χ0n) is 14.1. The zero-order valence-corrected chi connectivity index (χ0v) is 14.8. The number of aromatic nitrogens is 2. The highest BCUT2D eigenvalue weighted by Gasteiger charge is 2.11. The lowest BCUT2D eigenvalue weighted by Gasteiger charge is -2.11. The van der Waals surface area contributed by atoms with Gasteiger partial charge in [-0.05, 0) is 35.9 Å². The van der Waals surface area contributed by atoms with Crippen molar-refractivity contribution < 1.29 is 9.53 Å². The fraction of sp³-hybridized carbons (Fsp3) is 0.105. The maximum atomic E-state index is 12.5. The summed E-state index contributed by atoms with van der Waals surface area (Å²) >= 11 is 5.99. The Hall–Kier alpha value is -3.12. The van der Waals surface area contributed by atoms with E-state index in [0.717, 1.165) is 11.3 Å². The Morgan fingerprint density at radius 1 is 1.15 bits per heavy atom. The van der Waals surface area contributed by atoms with Crippen LogP contribution in [0.5, 0.6) is 5.75 Å². The number of pyridine rings is 2. The van der Waals surface area contributed by atoms with Crippen molar-refractivity contribution in [2.45, 2.75) is 6.54 Å². The molecule has 0 saturated carbocycles. The summed E-state index contributed by atoms with van der Waals surface area (Å²) < 4.78 is 5.24. The minimum Gasteiger partial charge on any atom is -0.495 e. The molecule has 0 bridgehead atoms. The lowest BCUT2D eigenvalue weighted by Crippen LogP contribution is -2.13. The molecule has 0 fully saturated rings. The molecule has 0 unspecified atom stereocenters. The molecule has 1 amide bonds. The number of ether oxygens (including phenoxy) is 1. The quantitative estimate of drug-likeness (QED) is 0.687. The van der Waals surface area contributed by atoms with Gasteiger partial charge in [-0.1, -0.05) is 17.7 Å². The van der Waals surface area contributed by atoms with E-state index in [2.05, 4.69) is 20.6 Å². The molecule has 0 saturated heterocycles. The van der Waals surface area contributed by atoms with Crippen LogP contribution < -0.4 is 15.4 Å². The van der Waals surface area contributed by atoms with E-state index in [4.69, 9.17) is 16.3 Å². The highest BCUT2D eigenvalue weighted by molar-refractivity contribution is 6.31. The number of methoxy groups -OCH3 is 1. The van der Waals surface area contributed by atoms with Crippen LogP contribution in [0.1, 0.15) is 15.9 Å². The van der Waals surface area contributed by atoms with Crippen molar-refractivity contribution in [3.05, 3.63) is 77.3 Å². The van der Waals surface area contributed by atoms with Crippen molar-refractivity contribution >= 4 is 28.9 Å². The van der Waals surface area contributed by atoms with E-state index in [1.54, 1.807) is 42.9 Å².